The third-order valence-electron chi connectivity index (χ3n) is 5.32. The zero-order chi connectivity index (χ0) is 27.3. The van der Waals surface area contributed by atoms with Crippen molar-refractivity contribution in [2.75, 3.05) is 32.1 Å². The van der Waals surface area contributed by atoms with E-state index in [0.717, 1.165) is 10.4 Å². The third-order valence-corrected chi connectivity index (χ3v) is 7.12. The van der Waals surface area contributed by atoms with Crippen LogP contribution >= 0.6 is 0 Å². The number of nitrogens with one attached hydrogen (secondary N) is 1. The first-order valence-corrected chi connectivity index (χ1v) is 12.8. The number of amides is 2. The predicted molar refractivity (Wildman–Crippen MR) is 137 cm³/mol. The van der Waals surface area contributed by atoms with Crippen molar-refractivity contribution in [2.45, 2.75) is 45.8 Å². The Hall–Kier alpha value is -3.18. The van der Waals surface area contributed by atoms with Gasteiger partial charge in [-0.25, -0.2) is 8.70 Å². The van der Waals surface area contributed by atoms with Gasteiger partial charge in [0.15, 0.2) is 0 Å². The first kappa shape index (κ1) is 29.1. The van der Waals surface area contributed by atoms with Crippen LogP contribution in [0.1, 0.15) is 33.3 Å². The molecule has 0 heterocycles. The Kier molecular flexibility index (Phi) is 9.44. The van der Waals surface area contributed by atoms with Gasteiger partial charge >= 0.3 is 10.2 Å². The number of hydrogen-bond donors (Lipinski definition) is 1. The Morgan fingerprint density at radius 1 is 1.06 bits per heavy atom. The molecule has 36 heavy (non-hydrogen) atoms. The van der Waals surface area contributed by atoms with E-state index >= 15 is 0 Å². The van der Waals surface area contributed by atoms with E-state index in [2.05, 4.69) is 5.32 Å². The van der Waals surface area contributed by atoms with Gasteiger partial charge in [-0.2, -0.15) is 12.7 Å². The van der Waals surface area contributed by atoms with E-state index in [-0.39, 0.29) is 12.2 Å². The molecule has 11 heteroatoms. The first-order chi connectivity index (χ1) is 16.7. The molecule has 0 spiro atoms. The number of carbonyl (C=O) groups excluding carboxylic acids is 2. The van der Waals surface area contributed by atoms with Crippen LogP contribution in [0.5, 0.6) is 5.75 Å². The molecular formula is C25H35FN4O5S. The molecular weight excluding hydrogens is 487 g/mol. The van der Waals surface area contributed by atoms with Crippen LogP contribution in [0, 0.1) is 5.82 Å². The number of carbonyl (C=O) groups is 2. The monoisotopic (exact) mass is 522 g/mol. The van der Waals surface area contributed by atoms with Crippen LogP contribution in [-0.4, -0.2) is 68.8 Å². The molecule has 198 valence electrons. The number of halogens is 1. The second-order valence-corrected chi connectivity index (χ2v) is 11.6. The van der Waals surface area contributed by atoms with Crippen LogP contribution in [-0.2, 0) is 26.3 Å². The fourth-order valence-electron chi connectivity index (χ4n) is 3.34. The quantitative estimate of drug-likeness (QED) is 0.517. The van der Waals surface area contributed by atoms with E-state index in [1.165, 1.54) is 44.3 Å². The van der Waals surface area contributed by atoms with E-state index in [0.29, 0.717) is 15.6 Å². The number of ether oxygens (including phenoxy) is 1. The fourth-order valence-corrected chi connectivity index (χ4v) is 4.40. The van der Waals surface area contributed by atoms with Gasteiger partial charge in [-0.15, -0.1) is 0 Å². The Bertz CT molecular complexity index is 1160. The molecule has 0 aliphatic carbocycles. The zero-order valence-corrected chi connectivity index (χ0v) is 22.6. The Morgan fingerprint density at radius 2 is 1.64 bits per heavy atom. The lowest BCUT2D eigenvalue weighted by atomic mass is 10.1. The van der Waals surface area contributed by atoms with E-state index in [1.54, 1.807) is 31.2 Å². The van der Waals surface area contributed by atoms with E-state index in [4.69, 9.17) is 4.74 Å². The summed E-state index contributed by atoms with van der Waals surface area (Å²) in [5.74, 6) is -1.25. The van der Waals surface area contributed by atoms with Crippen LogP contribution in [0.15, 0.2) is 48.5 Å². The zero-order valence-electron chi connectivity index (χ0n) is 21.8. The summed E-state index contributed by atoms with van der Waals surface area (Å²) in [6.07, 6.45) is 0. The number of anilines is 1. The molecule has 0 saturated heterocycles. The maximum atomic E-state index is 14.7. The van der Waals surface area contributed by atoms with Crippen molar-refractivity contribution in [1.29, 1.82) is 0 Å². The molecule has 0 aromatic heterocycles. The smallest absolute Gasteiger partial charge is 0.304 e. The number of rotatable bonds is 10. The highest BCUT2D eigenvalue weighted by atomic mass is 32.2. The molecule has 0 saturated carbocycles. The lowest BCUT2D eigenvalue weighted by molar-refractivity contribution is -0.140. The molecule has 2 rings (SSSR count). The summed E-state index contributed by atoms with van der Waals surface area (Å²) in [7, 11) is -0.116. The van der Waals surface area contributed by atoms with Gasteiger partial charge in [0, 0.05) is 26.2 Å². The van der Waals surface area contributed by atoms with Gasteiger partial charge in [0.25, 0.3) is 0 Å². The van der Waals surface area contributed by atoms with Crippen LogP contribution in [0.2, 0.25) is 0 Å². The van der Waals surface area contributed by atoms with Crippen LogP contribution in [0.4, 0.5) is 10.1 Å². The van der Waals surface area contributed by atoms with Gasteiger partial charge in [0.1, 0.15) is 24.2 Å². The number of benzene rings is 2. The Labute approximate surface area is 213 Å². The summed E-state index contributed by atoms with van der Waals surface area (Å²) in [5.41, 5.74) is -0.114. The van der Waals surface area contributed by atoms with Gasteiger partial charge in [-0.3, -0.25) is 9.59 Å². The van der Waals surface area contributed by atoms with Gasteiger partial charge in [-0.1, -0.05) is 24.3 Å². The molecule has 0 fully saturated rings. The molecule has 0 radical (unpaired) electrons. The summed E-state index contributed by atoms with van der Waals surface area (Å²) < 4.78 is 47.6. The summed E-state index contributed by atoms with van der Waals surface area (Å²) in [6, 6.07) is 11.3. The standard InChI is InChI=1S/C25H35FN4O5S/c1-18(24(32)27-25(2,3)4)29(16-19-12-14-20(35-7)15-13-19)23(31)17-30(36(33,34)28(5)6)22-11-9-8-10-21(22)26/h8-15,18H,16-17H2,1-7H3,(H,27,32). The van der Waals surface area contributed by atoms with Crippen molar-refractivity contribution in [2.24, 2.45) is 0 Å². The van der Waals surface area contributed by atoms with Crippen LogP contribution < -0.4 is 14.4 Å². The van der Waals surface area contributed by atoms with Crippen molar-refractivity contribution in [1.82, 2.24) is 14.5 Å². The molecule has 0 bridgehead atoms. The Morgan fingerprint density at radius 3 is 2.14 bits per heavy atom. The minimum atomic E-state index is -4.24. The van der Waals surface area contributed by atoms with Gasteiger partial charge in [0.05, 0.1) is 12.8 Å². The predicted octanol–water partition coefficient (Wildman–Crippen LogP) is 2.78. The SMILES string of the molecule is COc1ccc(CN(C(=O)CN(c2ccccc2F)S(=O)(=O)N(C)C)C(C)C(=O)NC(C)(C)C)cc1. The second-order valence-electron chi connectivity index (χ2n) is 9.53. The van der Waals surface area contributed by atoms with Crippen molar-refractivity contribution in [3.05, 3.63) is 59.9 Å². The number of hydrogen-bond acceptors (Lipinski definition) is 5. The maximum Gasteiger partial charge on any atom is 0.304 e. The van der Waals surface area contributed by atoms with Crippen molar-refractivity contribution >= 4 is 27.7 Å². The molecule has 9 nitrogen and oxygen atoms in total. The minimum Gasteiger partial charge on any atom is -0.497 e. The van der Waals surface area contributed by atoms with E-state index in [9.17, 15) is 22.4 Å². The minimum absolute atomic E-state index is 0.0225. The Balaban J connectivity index is 2.48. The maximum absolute atomic E-state index is 14.7. The molecule has 2 aromatic carbocycles. The number of nitrogens with zero attached hydrogens (tertiary/aromatic N) is 3. The summed E-state index contributed by atoms with van der Waals surface area (Å²) in [5, 5.41) is 2.85. The highest BCUT2D eigenvalue weighted by Gasteiger charge is 2.34. The molecule has 0 aliphatic rings. The van der Waals surface area contributed by atoms with Gasteiger partial charge < -0.3 is 15.0 Å². The van der Waals surface area contributed by atoms with Crippen molar-refractivity contribution in [3.8, 4) is 5.75 Å². The number of methoxy groups -OCH3 is 1. The lowest BCUT2D eigenvalue weighted by Crippen LogP contribution is -2.55. The summed E-state index contributed by atoms with van der Waals surface area (Å²) in [6.45, 7) is 6.33. The first-order valence-electron chi connectivity index (χ1n) is 11.4. The molecule has 1 atom stereocenters. The molecule has 1 N–H and O–H groups in total. The van der Waals surface area contributed by atoms with Crippen molar-refractivity contribution < 1.29 is 27.1 Å². The highest BCUT2D eigenvalue weighted by molar-refractivity contribution is 7.90. The average molecular weight is 523 g/mol. The van der Waals surface area contributed by atoms with E-state index < -0.39 is 46.0 Å². The van der Waals surface area contributed by atoms with Crippen LogP contribution in [0.3, 0.4) is 0 Å². The number of para-hydroxylation sites is 1. The lowest BCUT2D eigenvalue weighted by Gasteiger charge is -2.34. The van der Waals surface area contributed by atoms with Crippen molar-refractivity contribution in [3.63, 3.8) is 0 Å². The molecule has 1 unspecified atom stereocenters. The normalized spacial score (nSPS) is 12.7. The second kappa shape index (κ2) is 11.7. The summed E-state index contributed by atoms with van der Waals surface area (Å²) in [4.78, 5) is 27.9. The average Bonchev–Trinajstić information content (AvgIpc) is 2.80. The molecule has 2 aromatic rings. The largest absolute Gasteiger partial charge is 0.497 e. The van der Waals surface area contributed by atoms with Gasteiger partial charge in [0.2, 0.25) is 11.8 Å². The van der Waals surface area contributed by atoms with Crippen LogP contribution in [0.25, 0.3) is 0 Å². The molecule has 2 amide bonds. The van der Waals surface area contributed by atoms with E-state index in [1.807, 2.05) is 20.8 Å². The fraction of sp³-hybridized carbons (Fsp3) is 0.440. The topological polar surface area (TPSA) is 99.3 Å². The molecule has 0 aliphatic heterocycles. The summed E-state index contributed by atoms with van der Waals surface area (Å²) >= 11 is 0. The van der Waals surface area contributed by atoms with Gasteiger partial charge in [-0.05, 0) is 57.5 Å². The highest BCUT2D eigenvalue weighted by Crippen LogP contribution is 2.24. The third kappa shape index (κ3) is 7.41.